The van der Waals surface area contributed by atoms with E-state index in [-0.39, 0.29) is 19.0 Å². The molecule has 9 heteroatoms. The van der Waals surface area contributed by atoms with Crippen molar-refractivity contribution in [3.8, 4) is 11.5 Å². The summed E-state index contributed by atoms with van der Waals surface area (Å²) < 4.78 is 18.8. The molecule has 1 atom stereocenters. The Morgan fingerprint density at radius 1 is 1.10 bits per heavy atom. The number of thiazole rings is 1. The number of rotatable bonds is 5. The second-order valence-electron chi connectivity index (χ2n) is 9.75. The number of H-pyrrole nitrogens is 1. The van der Waals surface area contributed by atoms with Crippen molar-refractivity contribution in [2.75, 3.05) is 13.4 Å². The highest BCUT2D eigenvalue weighted by molar-refractivity contribution is 7.07. The molecule has 0 unspecified atom stereocenters. The van der Waals surface area contributed by atoms with Crippen LogP contribution < -0.4 is 24.4 Å². The summed E-state index contributed by atoms with van der Waals surface area (Å²) in [5.74, 6) is 0.640. The molecule has 0 bridgehead atoms. The largest absolute Gasteiger partial charge is 0.463 e. The number of benzene rings is 3. The Bertz CT molecular complexity index is 2050. The minimum absolute atomic E-state index is 0.112. The average Bonchev–Trinajstić information content (AvgIpc) is 3.68. The molecule has 4 heterocycles. The first-order chi connectivity index (χ1) is 20.0. The van der Waals surface area contributed by atoms with E-state index in [0.29, 0.717) is 37.7 Å². The maximum atomic E-state index is 14.2. The molecule has 204 valence electrons. The first-order valence-electron chi connectivity index (χ1n) is 13.3. The van der Waals surface area contributed by atoms with Crippen molar-refractivity contribution < 1.29 is 19.0 Å². The van der Waals surface area contributed by atoms with Crippen LogP contribution in [0.4, 0.5) is 0 Å². The van der Waals surface area contributed by atoms with Gasteiger partial charge in [-0.3, -0.25) is 9.36 Å². The van der Waals surface area contributed by atoms with E-state index >= 15 is 0 Å². The lowest BCUT2D eigenvalue weighted by molar-refractivity contribution is -0.138. The standard InChI is InChI=1S/C32H25N3O5S/c1-3-38-31(37)27-28(19-9-5-4-6-10-19)34-32-35(29(27)20-13-14-24-25(15-20)40-17-39-24)30(36)26(41-32)16-22-18(2)33-23-12-8-7-11-21(22)23/h4-16,29,33H,3,17H2,1-2H3/b26-16-/t29-/m1/s1. The number of fused-ring (bicyclic) bond motifs is 3. The maximum Gasteiger partial charge on any atom is 0.338 e. The number of carbonyl (C=O) groups is 1. The van der Waals surface area contributed by atoms with Gasteiger partial charge >= 0.3 is 5.97 Å². The fourth-order valence-electron chi connectivity index (χ4n) is 5.45. The number of aryl methyl sites for hydroxylation is 1. The second-order valence-corrected chi connectivity index (χ2v) is 10.8. The van der Waals surface area contributed by atoms with E-state index in [4.69, 9.17) is 19.2 Å². The van der Waals surface area contributed by atoms with Crippen LogP contribution in [0.2, 0.25) is 0 Å². The molecule has 0 fully saturated rings. The molecule has 0 radical (unpaired) electrons. The van der Waals surface area contributed by atoms with E-state index in [1.807, 2.05) is 79.7 Å². The smallest absolute Gasteiger partial charge is 0.338 e. The summed E-state index contributed by atoms with van der Waals surface area (Å²) in [5.41, 5.74) is 4.87. The van der Waals surface area contributed by atoms with E-state index in [2.05, 4.69) is 4.98 Å². The second kappa shape index (κ2) is 9.94. The first-order valence-corrected chi connectivity index (χ1v) is 14.1. The molecule has 2 aliphatic heterocycles. The van der Waals surface area contributed by atoms with Gasteiger partial charge in [0.25, 0.3) is 5.56 Å². The summed E-state index contributed by atoms with van der Waals surface area (Å²) in [7, 11) is 0. The Balaban J connectivity index is 1.53. The quantitative estimate of drug-likeness (QED) is 0.319. The van der Waals surface area contributed by atoms with Crippen molar-refractivity contribution in [1.29, 1.82) is 0 Å². The third-order valence-corrected chi connectivity index (χ3v) is 8.29. The van der Waals surface area contributed by atoms with Gasteiger partial charge < -0.3 is 19.2 Å². The van der Waals surface area contributed by atoms with Gasteiger partial charge in [-0.2, -0.15) is 0 Å². The molecular weight excluding hydrogens is 538 g/mol. The van der Waals surface area contributed by atoms with Gasteiger partial charge in [-0.05, 0) is 43.7 Å². The van der Waals surface area contributed by atoms with Crippen molar-refractivity contribution in [1.82, 2.24) is 9.55 Å². The Morgan fingerprint density at radius 2 is 1.88 bits per heavy atom. The van der Waals surface area contributed by atoms with E-state index < -0.39 is 12.0 Å². The number of carbonyl (C=O) groups excluding carboxylic acids is 1. The van der Waals surface area contributed by atoms with E-state index in [1.54, 1.807) is 17.6 Å². The highest BCUT2D eigenvalue weighted by Crippen LogP contribution is 2.40. The van der Waals surface area contributed by atoms with Crippen LogP contribution in [0.15, 0.2) is 88.2 Å². The van der Waals surface area contributed by atoms with Crippen molar-refractivity contribution in [2.24, 2.45) is 4.99 Å². The average molecular weight is 564 g/mol. The number of hydrogen-bond acceptors (Lipinski definition) is 7. The van der Waals surface area contributed by atoms with Gasteiger partial charge in [0.05, 0.1) is 28.5 Å². The van der Waals surface area contributed by atoms with Gasteiger partial charge in [-0.1, -0.05) is 65.9 Å². The Morgan fingerprint density at radius 3 is 2.71 bits per heavy atom. The number of nitrogens with zero attached hydrogens (tertiary/aromatic N) is 2. The van der Waals surface area contributed by atoms with Crippen molar-refractivity contribution in [3.05, 3.63) is 120 Å². The van der Waals surface area contributed by atoms with Crippen LogP contribution >= 0.6 is 11.3 Å². The van der Waals surface area contributed by atoms with E-state index in [9.17, 15) is 9.59 Å². The topological polar surface area (TPSA) is 94.9 Å². The van der Waals surface area contributed by atoms with Gasteiger partial charge in [-0.15, -0.1) is 0 Å². The molecule has 0 aliphatic carbocycles. The van der Waals surface area contributed by atoms with Crippen LogP contribution in [-0.4, -0.2) is 28.9 Å². The molecule has 5 aromatic rings. The van der Waals surface area contributed by atoms with Gasteiger partial charge in [0.2, 0.25) is 6.79 Å². The first kappa shape index (κ1) is 25.1. The van der Waals surface area contributed by atoms with Gasteiger partial charge in [0.15, 0.2) is 16.3 Å². The van der Waals surface area contributed by atoms with E-state index in [1.165, 1.54) is 11.3 Å². The lowest BCUT2D eigenvalue weighted by atomic mass is 9.93. The van der Waals surface area contributed by atoms with Crippen LogP contribution in [0.25, 0.3) is 22.7 Å². The molecule has 0 spiro atoms. The Kier molecular flexibility index (Phi) is 6.09. The number of nitrogens with one attached hydrogen (secondary N) is 1. The highest BCUT2D eigenvalue weighted by atomic mass is 32.1. The van der Waals surface area contributed by atoms with Crippen LogP contribution in [0.5, 0.6) is 11.5 Å². The lowest BCUT2D eigenvalue weighted by Gasteiger charge is -2.26. The molecule has 3 aromatic carbocycles. The summed E-state index contributed by atoms with van der Waals surface area (Å²) in [6.07, 6.45) is 1.91. The molecule has 7 rings (SSSR count). The summed E-state index contributed by atoms with van der Waals surface area (Å²) in [6, 6.07) is 22.2. The number of aromatic nitrogens is 2. The number of para-hydroxylation sites is 1. The molecule has 0 amide bonds. The van der Waals surface area contributed by atoms with Crippen LogP contribution in [-0.2, 0) is 9.53 Å². The number of ether oxygens (including phenoxy) is 3. The fraction of sp³-hybridized carbons (Fsp3) is 0.156. The minimum Gasteiger partial charge on any atom is -0.463 e. The molecule has 8 nitrogen and oxygen atoms in total. The zero-order chi connectivity index (χ0) is 28.1. The summed E-state index contributed by atoms with van der Waals surface area (Å²) >= 11 is 1.30. The predicted molar refractivity (Wildman–Crippen MR) is 157 cm³/mol. The van der Waals surface area contributed by atoms with Crippen molar-refractivity contribution in [2.45, 2.75) is 19.9 Å². The fourth-order valence-corrected chi connectivity index (χ4v) is 6.44. The van der Waals surface area contributed by atoms with E-state index in [0.717, 1.165) is 27.7 Å². The number of hydrogen-bond donors (Lipinski definition) is 1. The SMILES string of the molecule is CCOC(=O)C1=C(c2ccccc2)N=c2s/c(=C\c3c(C)[nH]c4ccccc34)c(=O)n2[C@@H]1c1ccc2c(c1)OCO2. The number of aromatic amines is 1. The third-order valence-electron chi connectivity index (χ3n) is 7.30. The minimum atomic E-state index is -0.791. The molecule has 41 heavy (non-hydrogen) atoms. The van der Waals surface area contributed by atoms with Crippen molar-refractivity contribution >= 4 is 40.0 Å². The van der Waals surface area contributed by atoms with Crippen LogP contribution in [0.3, 0.4) is 0 Å². The highest BCUT2D eigenvalue weighted by Gasteiger charge is 2.36. The molecule has 1 N–H and O–H groups in total. The molecular formula is C32H25N3O5S. The Labute approximate surface area is 238 Å². The molecule has 2 aromatic heterocycles. The molecule has 2 aliphatic rings. The normalized spacial score (nSPS) is 16.1. The predicted octanol–water partition coefficient (Wildman–Crippen LogP) is 4.45. The van der Waals surface area contributed by atoms with Crippen molar-refractivity contribution in [3.63, 3.8) is 0 Å². The van der Waals surface area contributed by atoms with Gasteiger partial charge in [0, 0.05) is 27.7 Å². The number of esters is 1. The summed E-state index contributed by atoms with van der Waals surface area (Å²) in [4.78, 5) is 36.7. The molecule has 0 saturated carbocycles. The van der Waals surface area contributed by atoms with Crippen LogP contribution in [0.1, 0.15) is 35.3 Å². The van der Waals surface area contributed by atoms with Crippen LogP contribution in [0, 0.1) is 6.92 Å². The monoisotopic (exact) mass is 563 g/mol. The third kappa shape index (κ3) is 4.17. The molecule has 0 saturated heterocycles. The summed E-state index contributed by atoms with van der Waals surface area (Å²) in [5, 5.41) is 1.03. The maximum absolute atomic E-state index is 14.2. The lowest BCUT2D eigenvalue weighted by Crippen LogP contribution is -2.40. The Hall–Kier alpha value is -4.89. The van der Waals surface area contributed by atoms with Gasteiger partial charge in [-0.25, -0.2) is 9.79 Å². The zero-order valence-electron chi connectivity index (χ0n) is 22.3. The summed E-state index contributed by atoms with van der Waals surface area (Å²) in [6.45, 7) is 4.05. The van der Waals surface area contributed by atoms with Gasteiger partial charge in [0.1, 0.15) is 0 Å². The zero-order valence-corrected chi connectivity index (χ0v) is 23.2.